The van der Waals surface area contributed by atoms with E-state index in [1.54, 1.807) is 43.3 Å². The Morgan fingerprint density at radius 3 is 2.52 bits per heavy atom. The first kappa shape index (κ1) is 21.6. The molecule has 1 aromatic carbocycles. The van der Waals surface area contributed by atoms with Crippen molar-refractivity contribution in [3.05, 3.63) is 59.2 Å². The van der Waals surface area contributed by atoms with Gasteiger partial charge in [-0.3, -0.25) is 19.3 Å². The van der Waals surface area contributed by atoms with E-state index in [9.17, 15) is 19.6 Å². The molecule has 0 N–H and O–H groups in total. The van der Waals surface area contributed by atoms with Crippen LogP contribution in [0.5, 0.6) is 5.75 Å². The second kappa shape index (κ2) is 10.0. The van der Waals surface area contributed by atoms with Gasteiger partial charge in [-0.05, 0) is 42.7 Å². The van der Waals surface area contributed by atoms with E-state index in [1.807, 2.05) is 6.07 Å². The van der Waals surface area contributed by atoms with Crippen molar-refractivity contribution in [2.75, 3.05) is 19.8 Å². The molecule has 0 aromatic heterocycles. The standard InChI is InChI=1S/C22H22N2O5/c1-4-11-29-18-8-6-17(7-9-18)13-19-15(2)20(14-23)22(27)24(21(19)26)10-5-12-28-16(3)25/h4,6-9,13H,1,5,10-12H2,2-3H3/b19-13+. The van der Waals surface area contributed by atoms with E-state index < -0.39 is 17.8 Å². The highest BCUT2D eigenvalue weighted by Crippen LogP contribution is 2.27. The average Bonchev–Trinajstić information content (AvgIpc) is 2.70. The quantitative estimate of drug-likeness (QED) is 0.221. The minimum absolute atomic E-state index is 0.0507. The van der Waals surface area contributed by atoms with Crippen molar-refractivity contribution in [3.8, 4) is 11.8 Å². The van der Waals surface area contributed by atoms with E-state index in [0.717, 1.165) is 10.5 Å². The van der Waals surface area contributed by atoms with Gasteiger partial charge in [-0.1, -0.05) is 24.8 Å². The number of hydrogen-bond donors (Lipinski definition) is 0. The molecule has 0 aliphatic carbocycles. The van der Waals surface area contributed by atoms with Crippen LogP contribution in [-0.2, 0) is 19.1 Å². The molecule has 150 valence electrons. The third-order valence-corrected chi connectivity index (χ3v) is 4.22. The number of imide groups is 1. The van der Waals surface area contributed by atoms with Gasteiger partial charge >= 0.3 is 5.97 Å². The normalized spacial score (nSPS) is 15.3. The van der Waals surface area contributed by atoms with E-state index in [0.29, 0.717) is 17.9 Å². The Bertz CT molecular complexity index is 920. The molecule has 0 atom stereocenters. The van der Waals surface area contributed by atoms with Crippen molar-refractivity contribution in [1.82, 2.24) is 4.90 Å². The summed E-state index contributed by atoms with van der Waals surface area (Å²) in [5, 5.41) is 9.40. The third-order valence-electron chi connectivity index (χ3n) is 4.22. The van der Waals surface area contributed by atoms with Gasteiger partial charge in [0.25, 0.3) is 11.8 Å². The Balaban J connectivity index is 2.28. The molecule has 0 saturated carbocycles. The summed E-state index contributed by atoms with van der Waals surface area (Å²) in [5.74, 6) is -0.894. The Kier molecular flexibility index (Phi) is 7.49. The fourth-order valence-corrected chi connectivity index (χ4v) is 2.75. The van der Waals surface area contributed by atoms with Gasteiger partial charge in [0.1, 0.15) is 24.0 Å². The first-order valence-electron chi connectivity index (χ1n) is 9.05. The van der Waals surface area contributed by atoms with Crippen LogP contribution in [-0.4, -0.2) is 42.4 Å². The van der Waals surface area contributed by atoms with Gasteiger partial charge in [-0.15, -0.1) is 0 Å². The van der Waals surface area contributed by atoms with E-state index in [-0.39, 0.29) is 30.7 Å². The van der Waals surface area contributed by atoms with Crippen LogP contribution in [0.15, 0.2) is 53.6 Å². The zero-order chi connectivity index (χ0) is 21.4. The number of hydrogen-bond acceptors (Lipinski definition) is 6. The van der Waals surface area contributed by atoms with Crippen molar-refractivity contribution in [1.29, 1.82) is 5.26 Å². The van der Waals surface area contributed by atoms with Crippen LogP contribution in [0.2, 0.25) is 0 Å². The van der Waals surface area contributed by atoms with Gasteiger partial charge in [0.2, 0.25) is 0 Å². The van der Waals surface area contributed by atoms with Crippen molar-refractivity contribution in [2.45, 2.75) is 20.3 Å². The highest BCUT2D eigenvalue weighted by atomic mass is 16.5. The highest BCUT2D eigenvalue weighted by molar-refractivity contribution is 6.19. The zero-order valence-corrected chi connectivity index (χ0v) is 16.4. The first-order chi connectivity index (χ1) is 13.9. The maximum atomic E-state index is 12.9. The molecule has 0 unspecified atom stereocenters. The zero-order valence-electron chi connectivity index (χ0n) is 16.4. The van der Waals surface area contributed by atoms with Crippen LogP contribution in [0.3, 0.4) is 0 Å². The summed E-state index contributed by atoms with van der Waals surface area (Å²) in [5.41, 5.74) is 1.26. The molecule has 7 heteroatoms. The van der Waals surface area contributed by atoms with E-state index in [2.05, 4.69) is 6.58 Å². The molecule has 7 nitrogen and oxygen atoms in total. The van der Waals surface area contributed by atoms with Crippen LogP contribution in [0.25, 0.3) is 6.08 Å². The molecule has 0 saturated heterocycles. The molecule has 2 amide bonds. The Labute approximate surface area is 169 Å². The summed E-state index contributed by atoms with van der Waals surface area (Å²) in [6.07, 6.45) is 3.57. The number of carbonyl (C=O) groups is 3. The summed E-state index contributed by atoms with van der Waals surface area (Å²) in [7, 11) is 0. The smallest absolute Gasteiger partial charge is 0.302 e. The number of amides is 2. The fraction of sp³-hybridized carbons (Fsp3) is 0.273. The summed E-state index contributed by atoms with van der Waals surface area (Å²) in [4.78, 5) is 37.3. The molecular weight excluding hydrogens is 372 g/mol. The number of ether oxygens (including phenoxy) is 2. The molecule has 1 aromatic rings. The Morgan fingerprint density at radius 2 is 1.93 bits per heavy atom. The molecule has 0 bridgehead atoms. The predicted molar refractivity (Wildman–Crippen MR) is 106 cm³/mol. The summed E-state index contributed by atoms with van der Waals surface area (Å²) >= 11 is 0. The van der Waals surface area contributed by atoms with Crippen LogP contribution in [0.4, 0.5) is 0 Å². The van der Waals surface area contributed by atoms with Gasteiger partial charge in [0.05, 0.1) is 6.61 Å². The van der Waals surface area contributed by atoms with Crippen LogP contribution >= 0.6 is 0 Å². The van der Waals surface area contributed by atoms with Gasteiger partial charge in [0, 0.05) is 19.0 Å². The van der Waals surface area contributed by atoms with E-state index in [4.69, 9.17) is 9.47 Å². The highest BCUT2D eigenvalue weighted by Gasteiger charge is 2.35. The lowest BCUT2D eigenvalue weighted by Gasteiger charge is -2.27. The maximum absolute atomic E-state index is 12.9. The number of esters is 1. The second-order valence-electron chi connectivity index (χ2n) is 6.29. The predicted octanol–water partition coefficient (Wildman–Crippen LogP) is 2.80. The minimum atomic E-state index is -0.636. The molecule has 1 heterocycles. The molecule has 2 rings (SSSR count). The molecule has 1 aliphatic heterocycles. The summed E-state index contributed by atoms with van der Waals surface area (Å²) < 4.78 is 10.3. The molecule has 0 radical (unpaired) electrons. The molecule has 1 aliphatic rings. The van der Waals surface area contributed by atoms with E-state index in [1.165, 1.54) is 6.92 Å². The summed E-state index contributed by atoms with van der Waals surface area (Å²) in [6.45, 7) is 6.98. The van der Waals surface area contributed by atoms with Crippen LogP contribution < -0.4 is 4.74 Å². The van der Waals surface area contributed by atoms with Crippen molar-refractivity contribution >= 4 is 23.9 Å². The van der Waals surface area contributed by atoms with Crippen molar-refractivity contribution in [2.24, 2.45) is 0 Å². The van der Waals surface area contributed by atoms with Crippen LogP contribution in [0, 0.1) is 11.3 Å². The van der Waals surface area contributed by atoms with Gasteiger partial charge < -0.3 is 9.47 Å². The van der Waals surface area contributed by atoms with Crippen LogP contribution in [0.1, 0.15) is 25.8 Å². The maximum Gasteiger partial charge on any atom is 0.302 e. The monoisotopic (exact) mass is 394 g/mol. The first-order valence-corrected chi connectivity index (χ1v) is 9.05. The van der Waals surface area contributed by atoms with Crippen molar-refractivity contribution in [3.63, 3.8) is 0 Å². The van der Waals surface area contributed by atoms with Crippen molar-refractivity contribution < 1.29 is 23.9 Å². The lowest BCUT2D eigenvalue weighted by atomic mass is 9.93. The Morgan fingerprint density at radius 1 is 1.24 bits per heavy atom. The largest absolute Gasteiger partial charge is 0.490 e. The topological polar surface area (TPSA) is 96.7 Å². The minimum Gasteiger partial charge on any atom is -0.490 e. The lowest BCUT2D eigenvalue weighted by molar-refractivity contribution is -0.141. The molecule has 0 fully saturated rings. The fourth-order valence-electron chi connectivity index (χ4n) is 2.75. The average molecular weight is 394 g/mol. The number of nitriles is 1. The number of rotatable bonds is 8. The van der Waals surface area contributed by atoms with Gasteiger partial charge in [-0.2, -0.15) is 5.26 Å². The number of nitrogens with zero attached hydrogens (tertiary/aromatic N) is 2. The Hall–Kier alpha value is -3.66. The van der Waals surface area contributed by atoms with Gasteiger partial charge in [-0.25, -0.2) is 0 Å². The SMILES string of the molecule is C=CCOc1ccc(/C=C2/C(=O)N(CCCOC(C)=O)C(=O)C(C#N)=C2C)cc1. The third kappa shape index (κ3) is 5.42. The molecule has 29 heavy (non-hydrogen) atoms. The molecule has 0 spiro atoms. The number of carbonyl (C=O) groups excluding carboxylic acids is 3. The second-order valence-corrected chi connectivity index (χ2v) is 6.29. The molecular formula is C22H22N2O5. The lowest BCUT2D eigenvalue weighted by Crippen LogP contribution is -2.43. The van der Waals surface area contributed by atoms with E-state index >= 15 is 0 Å². The number of benzene rings is 1. The summed E-state index contributed by atoms with van der Waals surface area (Å²) in [6, 6.07) is 8.96. The van der Waals surface area contributed by atoms with Gasteiger partial charge in [0.15, 0.2) is 0 Å².